The fourth-order valence-corrected chi connectivity index (χ4v) is 2.85. The Labute approximate surface area is 155 Å². The summed E-state index contributed by atoms with van der Waals surface area (Å²) in [5, 5.41) is 5.75. The van der Waals surface area contributed by atoms with Crippen LogP contribution in [-0.4, -0.2) is 29.4 Å². The third-order valence-corrected chi connectivity index (χ3v) is 4.47. The lowest BCUT2D eigenvalue weighted by Gasteiger charge is -2.08. The van der Waals surface area contributed by atoms with Crippen LogP contribution in [-0.2, 0) is 9.53 Å². The van der Waals surface area contributed by atoms with E-state index in [2.05, 4.69) is 15.6 Å². The number of ether oxygens (including phenoxy) is 1. The molecule has 0 unspecified atom stereocenters. The summed E-state index contributed by atoms with van der Waals surface area (Å²) in [6.45, 7) is 7.29. The largest absolute Gasteiger partial charge is 0.462 e. The first kappa shape index (κ1) is 19.6. The minimum Gasteiger partial charge on any atom is -0.462 e. The molecule has 0 aliphatic heterocycles. The van der Waals surface area contributed by atoms with Gasteiger partial charge in [0.25, 0.3) is 5.91 Å². The minimum absolute atomic E-state index is 0.0908. The highest BCUT2D eigenvalue weighted by Gasteiger charge is 2.18. The Kier molecular flexibility index (Phi) is 6.46. The first-order chi connectivity index (χ1) is 12.3. The second-order valence-corrected chi connectivity index (χ2v) is 6.83. The van der Waals surface area contributed by atoms with Crippen LogP contribution in [0.15, 0.2) is 24.3 Å². The standard InChI is InChI=1S/C18H21N3O4S/c1-5-25-17(24)14-11(4)19-18(26-14)21-16(23)12-6-8-13(9-7-12)20-15(22)10(2)3/h6-10H,5H2,1-4H3,(H,20,22)(H,19,21,23). The Morgan fingerprint density at radius 3 is 2.38 bits per heavy atom. The van der Waals surface area contributed by atoms with Gasteiger partial charge in [0.1, 0.15) is 4.88 Å². The second kappa shape index (κ2) is 8.57. The van der Waals surface area contributed by atoms with E-state index in [1.807, 2.05) is 0 Å². The van der Waals surface area contributed by atoms with Crippen molar-refractivity contribution in [3.63, 3.8) is 0 Å². The first-order valence-electron chi connectivity index (χ1n) is 8.18. The van der Waals surface area contributed by atoms with Gasteiger partial charge in [-0.2, -0.15) is 0 Å². The van der Waals surface area contributed by atoms with E-state index < -0.39 is 5.97 Å². The number of benzene rings is 1. The maximum atomic E-state index is 12.3. The Morgan fingerprint density at radius 1 is 1.15 bits per heavy atom. The SMILES string of the molecule is CCOC(=O)c1sc(NC(=O)c2ccc(NC(=O)C(C)C)cc2)nc1C. The van der Waals surface area contributed by atoms with E-state index in [1.165, 1.54) is 0 Å². The Hall–Kier alpha value is -2.74. The van der Waals surface area contributed by atoms with Crippen LogP contribution in [0.25, 0.3) is 0 Å². The fraction of sp³-hybridized carbons (Fsp3) is 0.333. The Bertz CT molecular complexity index is 812. The monoisotopic (exact) mass is 375 g/mol. The average Bonchev–Trinajstić information content (AvgIpc) is 2.96. The number of amides is 2. The van der Waals surface area contributed by atoms with Crippen molar-refractivity contribution < 1.29 is 19.1 Å². The number of aryl methyl sites for hydroxylation is 1. The summed E-state index contributed by atoms with van der Waals surface area (Å²) >= 11 is 1.07. The summed E-state index contributed by atoms with van der Waals surface area (Å²) in [6, 6.07) is 6.54. The third-order valence-electron chi connectivity index (χ3n) is 3.42. The number of rotatable bonds is 6. The lowest BCUT2D eigenvalue weighted by Crippen LogP contribution is -2.18. The van der Waals surface area contributed by atoms with E-state index in [1.54, 1.807) is 52.0 Å². The molecule has 0 radical (unpaired) electrons. The number of esters is 1. The van der Waals surface area contributed by atoms with Crippen LogP contribution < -0.4 is 10.6 Å². The zero-order valence-electron chi connectivity index (χ0n) is 15.1. The molecular weight excluding hydrogens is 354 g/mol. The summed E-state index contributed by atoms with van der Waals surface area (Å²) in [4.78, 5) is 40.4. The molecular formula is C18H21N3O4S. The quantitative estimate of drug-likeness (QED) is 0.754. The summed E-state index contributed by atoms with van der Waals surface area (Å²) < 4.78 is 4.96. The predicted octanol–water partition coefficient (Wildman–Crippen LogP) is 3.48. The molecule has 0 aliphatic carbocycles. The molecule has 0 bridgehead atoms. The number of hydrogen-bond donors (Lipinski definition) is 2. The maximum Gasteiger partial charge on any atom is 0.350 e. The van der Waals surface area contributed by atoms with Gasteiger partial charge in [-0.25, -0.2) is 9.78 Å². The summed E-state index contributed by atoms with van der Waals surface area (Å²) in [5.41, 5.74) is 1.54. The number of carbonyl (C=O) groups is 3. The van der Waals surface area contributed by atoms with Crippen molar-refractivity contribution in [2.24, 2.45) is 5.92 Å². The van der Waals surface area contributed by atoms with E-state index in [0.29, 0.717) is 27.0 Å². The van der Waals surface area contributed by atoms with Crippen molar-refractivity contribution in [2.45, 2.75) is 27.7 Å². The molecule has 8 heteroatoms. The Balaban J connectivity index is 2.05. The molecule has 2 aromatic rings. The van der Waals surface area contributed by atoms with Crippen molar-refractivity contribution in [1.29, 1.82) is 0 Å². The molecule has 1 heterocycles. The zero-order valence-corrected chi connectivity index (χ0v) is 15.9. The van der Waals surface area contributed by atoms with Gasteiger partial charge in [-0.3, -0.25) is 14.9 Å². The van der Waals surface area contributed by atoms with Crippen molar-refractivity contribution in [3.05, 3.63) is 40.4 Å². The molecule has 1 aromatic carbocycles. The number of anilines is 2. The lowest BCUT2D eigenvalue weighted by molar-refractivity contribution is -0.118. The zero-order chi connectivity index (χ0) is 19.3. The van der Waals surface area contributed by atoms with Crippen LogP contribution in [0.1, 0.15) is 46.5 Å². The summed E-state index contributed by atoms with van der Waals surface area (Å²) in [7, 11) is 0. The predicted molar refractivity (Wildman–Crippen MR) is 101 cm³/mol. The van der Waals surface area contributed by atoms with Gasteiger partial charge in [-0.15, -0.1) is 0 Å². The molecule has 2 N–H and O–H groups in total. The van der Waals surface area contributed by atoms with Crippen molar-refractivity contribution in [3.8, 4) is 0 Å². The van der Waals surface area contributed by atoms with Crippen molar-refractivity contribution in [2.75, 3.05) is 17.2 Å². The molecule has 2 amide bonds. The number of nitrogens with zero attached hydrogens (tertiary/aromatic N) is 1. The number of aromatic nitrogens is 1. The maximum absolute atomic E-state index is 12.3. The molecule has 0 spiro atoms. The summed E-state index contributed by atoms with van der Waals surface area (Å²) in [6.07, 6.45) is 0. The van der Waals surface area contributed by atoms with Crippen LogP contribution in [0.2, 0.25) is 0 Å². The molecule has 0 aliphatic rings. The van der Waals surface area contributed by atoms with Gasteiger partial charge >= 0.3 is 5.97 Å². The molecule has 2 rings (SSSR count). The molecule has 0 atom stereocenters. The smallest absolute Gasteiger partial charge is 0.350 e. The van der Waals surface area contributed by atoms with Gasteiger partial charge in [-0.1, -0.05) is 25.2 Å². The van der Waals surface area contributed by atoms with Crippen LogP contribution in [0, 0.1) is 12.8 Å². The van der Waals surface area contributed by atoms with Crippen LogP contribution >= 0.6 is 11.3 Å². The van der Waals surface area contributed by atoms with Gasteiger partial charge in [0.15, 0.2) is 5.13 Å². The highest BCUT2D eigenvalue weighted by molar-refractivity contribution is 7.17. The normalized spacial score (nSPS) is 10.5. The number of nitrogens with one attached hydrogen (secondary N) is 2. The topological polar surface area (TPSA) is 97.4 Å². The van der Waals surface area contributed by atoms with E-state index >= 15 is 0 Å². The van der Waals surface area contributed by atoms with Crippen molar-refractivity contribution >= 4 is 39.9 Å². The lowest BCUT2D eigenvalue weighted by atomic mass is 10.1. The molecule has 138 valence electrons. The van der Waals surface area contributed by atoms with E-state index in [-0.39, 0.29) is 24.3 Å². The summed E-state index contributed by atoms with van der Waals surface area (Å²) in [5.74, 6) is -1.02. The van der Waals surface area contributed by atoms with Gasteiger partial charge in [0, 0.05) is 17.2 Å². The fourth-order valence-electron chi connectivity index (χ4n) is 2.00. The van der Waals surface area contributed by atoms with Crippen LogP contribution in [0.5, 0.6) is 0 Å². The van der Waals surface area contributed by atoms with Gasteiger partial charge < -0.3 is 10.1 Å². The van der Waals surface area contributed by atoms with E-state index in [4.69, 9.17) is 4.74 Å². The van der Waals surface area contributed by atoms with E-state index in [0.717, 1.165) is 11.3 Å². The average molecular weight is 375 g/mol. The van der Waals surface area contributed by atoms with Gasteiger partial charge in [0.05, 0.1) is 12.3 Å². The highest BCUT2D eigenvalue weighted by atomic mass is 32.1. The highest BCUT2D eigenvalue weighted by Crippen LogP contribution is 2.24. The van der Waals surface area contributed by atoms with Crippen LogP contribution in [0.4, 0.5) is 10.8 Å². The molecule has 7 nitrogen and oxygen atoms in total. The first-order valence-corrected chi connectivity index (χ1v) is 9.00. The van der Waals surface area contributed by atoms with E-state index in [9.17, 15) is 14.4 Å². The minimum atomic E-state index is -0.451. The molecule has 0 saturated heterocycles. The molecule has 1 aromatic heterocycles. The van der Waals surface area contributed by atoms with Crippen LogP contribution in [0.3, 0.4) is 0 Å². The second-order valence-electron chi connectivity index (χ2n) is 5.83. The number of thiazole rings is 1. The molecule has 26 heavy (non-hydrogen) atoms. The van der Waals surface area contributed by atoms with Gasteiger partial charge in [-0.05, 0) is 38.1 Å². The number of hydrogen-bond acceptors (Lipinski definition) is 6. The third kappa shape index (κ3) is 4.89. The molecule has 0 saturated carbocycles. The molecule has 0 fully saturated rings. The number of carbonyl (C=O) groups excluding carboxylic acids is 3. The van der Waals surface area contributed by atoms with Gasteiger partial charge in [0.2, 0.25) is 5.91 Å². The Morgan fingerprint density at radius 2 is 1.81 bits per heavy atom. The van der Waals surface area contributed by atoms with Crippen molar-refractivity contribution in [1.82, 2.24) is 4.98 Å².